The SMILES string of the molecule is C/C(=N/NC(=S)Nc1ccccc1C(F)(F)F)c1cc2ccccc2oc1=O. The van der Waals surface area contributed by atoms with Gasteiger partial charge in [0.2, 0.25) is 0 Å². The molecule has 1 heterocycles. The van der Waals surface area contributed by atoms with Crippen LogP contribution in [0.4, 0.5) is 18.9 Å². The lowest BCUT2D eigenvalue weighted by molar-refractivity contribution is -0.136. The highest BCUT2D eigenvalue weighted by molar-refractivity contribution is 7.80. The van der Waals surface area contributed by atoms with Crippen molar-refractivity contribution in [2.45, 2.75) is 13.1 Å². The van der Waals surface area contributed by atoms with Gasteiger partial charge >= 0.3 is 11.8 Å². The van der Waals surface area contributed by atoms with Crippen LogP contribution in [0, 0.1) is 0 Å². The Morgan fingerprint density at radius 1 is 1.11 bits per heavy atom. The largest absolute Gasteiger partial charge is 0.422 e. The van der Waals surface area contributed by atoms with Crippen LogP contribution in [0.5, 0.6) is 0 Å². The van der Waals surface area contributed by atoms with Gasteiger partial charge in [-0.2, -0.15) is 18.3 Å². The second kappa shape index (κ2) is 7.81. The summed E-state index contributed by atoms with van der Waals surface area (Å²) in [5, 5.41) is 6.99. The van der Waals surface area contributed by atoms with E-state index in [1.165, 1.54) is 18.2 Å². The van der Waals surface area contributed by atoms with Gasteiger partial charge in [0.15, 0.2) is 5.11 Å². The fraction of sp³-hybridized carbons (Fsp3) is 0.105. The van der Waals surface area contributed by atoms with E-state index in [1.54, 1.807) is 37.3 Å². The predicted octanol–water partition coefficient (Wildman–Crippen LogP) is 4.52. The summed E-state index contributed by atoms with van der Waals surface area (Å²) in [7, 11) is 0. The first-order valence-electron chi connectivity index (χ1n) is 8.06. The van der Waals surface area contributed by atoms with Crippen molar-refractivity contribution in [1.82, 2.24) is 5.43 Å². The van der Waals surface area contributed by atoms with Crippen molar-refractivity contribution >= 4 is 39.7 Å². The number of nitrogens with zero attached hydrogens (tertiary/aromatic N) is 1. The molecule has 0 radical (unpaired) electrons. The van der Waals surface area contributed by atoms with Crippen LogP contribution < -0.4 is 16.4 Å². The molecular formula is C19H14F3N3O2S. The van der Waals surface area contributed by atoms with Crippen molar-refractivity contribution in [1.29, 1.82) is 0 Å². The third-order valence-corrected chi connectivity index (χ3v) is 4.03. The summed E-state index contributed by atoms with van der Waals surface area (Å²) in [4.78, 5) is 12.1. The van der Waals surface area contributed by atoms with E-state index in [2.05, 4.69) is 15.8 Å². The second-order valence-electron chi connectivity index (χ2n) is 5.79. The summed E-state index contributed by atoms with van der Waals surface area (Å²) in [6.07, 6.45) is -4.53. The molecule has 2 N–H and O–H groups in total. The Hall–Kier alpha value is -3.20. The molecule has 9 heteroatoms. The molecule has 0 aliphatic heterocycles. The lowest BCUT2D eigenvalue weighted by Gasteiger charge is -2.14. The first-order valence-corrected chi connectivity index (χ1v) is 8.47. The monoisotopic (exact) mass is 405 g/mol. The van der Waals surface area contributed by atoms with Crippen LogP contribution in [0.3, 0.4) is 0 Å². The van der Waals surface area contributed by atoms with Crippen LogP contribution in [-0.4, -0.2) is 10.8 Å². The smallest absolute Gasteiger partial charge is 0.418 e. The zero-order chi connectivity index (χ0) is 20.3. The Bertz CT molecular complexity index is 1120. The van der Waals surface area contributed by atoms with Gasteiger partial charge in [-0.25, -0.2) is 4.79 Å². The predicted molar refractivity (Wildman–Crippen MR) is 105 cm³/mol. The molecule has 144 valence electrons. The highest BCUT2D eigenvalue weighted by Crippen LogP contribution is 2.34. The Labute approximate surface area is 162 Å². The van der Waals surface area contributed by atoms with Gasteiger partial charge in [0.25, 0.3) is 0 Å². The summed E-state index contributed by atoms with van der Waals surface area (Å²) in [6, 6.07) is 13.6. The van der Waals surface area contributed by atoms with Crippen LogP contribution in [0.2, 0.25) is 0 Å². The quantitative estimate of drug-likeness (QED) is 0.290. The van der Waals surface area contributed by atoms with Crippen LogP contribution in [-0.2, 0) is 6.18 Å². The minimum atomic E-state index is -4.53. The minimum Gasteiger partial charge on any atom is -0.422 e. The van der Waals surface area contributed by atoms with Crippen LogP contribution in [0.15, 0.2) is 68.9 Å². The Morgan fingerprint density at radius 2 is 1.79 bits per heavy atom. The summed E-state index contributed by atoms with van der Waals surface area (Å²) in [6.45, 7) is 1.56. The van der Waals surface area contributed by atoms with E-state index in [0.717, 1.165) is 6.07 Å². The van der Waals surface area contributed by atoms with E-state index in [4.69, 9.17) is 16.6 Å². The topological polar surface area (TPSA) is 66.6 Å². The van der Waals surface area contributed by atoms with Crippen molar-refractivity contribution < 1.29 is 17.6 Å². The molecule has 0 saturated heterocycles. The molecule has 0 spiro atoms. The zero-order valence-electron chi connectivity index (χ0n) is 14.5. The summed E-state index contributed by atoms with van der Waals surface area (Å²) >= 11 is 5.00. The molecule has 0 bridgehead atoms. The number of hydrogen-bond donors (Lipinski definition) is 2. The fourth-order valence-corrected chi connectivity index (χ4v) is 2.65. The summed E-state index contributed by atoms with van der Waals surface area (Å²) in [5.41, 5.74) is 1.73. The normalized spacial score (nSPS) is 12.1. The number of nitrogens with one attached hydrogen (secondary N) is 2. The third kappa shape index (κ3) is 4.37. The fourth-order valence-electron chi connectivity index (χ4n) is 2.50. The Balaban J connectivity index is 1.78. The van der Waals surface area contributed by atoms with Crippen molar-refractivity contribution in [3.8, 4) is 0 Å². The molecule has 0 saturated carbocycles. The van der Waals surface area contributed by atoms with Gasteiger partial charge in [-0.15, -0.1) is 0 Å². The Kier molecular flexibility index (Phi) is 5.46. The second-order valence-corrected chi connectivity index (χ2v) is 6.20. The number of thiocarbonyl (C=S) groups is 1. The molecule has 28 heavy (non-hydrogen) atoms. The molecule has 0 unspecified atom stereocenters. The molecule has 3 aromatic rings. The van der Waals surface area contributed by atoms with Crippen molar-refractivity contribution in [2.75, 3.05) is 5.32 Å². The number of para-hydroxylation sites is 2. The molecule has 0 atom stereocenters. The molecule has 5 nitrogen and oxygen atoms in total. The first-order chi connectivity index (χ1) is 13.3. The average Bonchev–Trinajstić information content (AvgIpc) is 2.65. The van der Waals surface area contributed by atoms with Crippen LogP contribution in [0.1, 0.15) is 18.1 Å². The van der Waals surface area contributed by atoms with E-state index in [-0.39, 0.29) is 22.1 Å². The summed E-state index contributed by atoms with van der Waals surface area (Å²) < 4.78 is 44.3. The maximum Gasteiger partial charge on any atom is 0.418 e. The molecule has 0 fully saturated rings. The van der Waals surface area contributed by atoms with Crippen molar-refractivity contribution in [3.63, 3.8) is 0 Å². The molecule has 0 amide bonds. The highest BCUT2D eigenvalue weighted by atomic mass is 32.1. The van der Waals surface area contributed by atoms with Gasteiger partial charge in [0.05, 0.1) is 22.5 Å². The number of halogens is 3. The van der Waals surface area contributed by atoms with Crippen molar-refractivity contribution in [3.05, 3.63) is 76.1 Å². The maximum absolute atomic E-state index is 13.0. The number of benzene rings is 2. The Morgan fingerprint density at radius 3 is 2.54 bits per heavy atom. The number of hydrazone groups is 1. The van der Waals surface area contributed by atoms with Gasteiger partial charge in [-0.3, -0.25) is 5.43 Å². The summed E-state index contributed by atoms with van der Waals surface area (Å²) in [5.74, 6) is 0. The minimum absolute atomic E-state index is 0.152. The van der Waals surface area contributed by atoms with E-state index < -0.39 is 17.4 Å². The van der Waals surface area contributed by atoms with E-state index in [0.29, 0.717) is 11.0 Å². The molecule has 2 aromatic carbocycles. The van der Waals surface area contributed by atoms with E-state index in [1.807, 2.05) is 0 Å². The maximum atomic E-state index is 13.0. The van der Waals surface area contributed by atoms with Gasteiger partial charge in [-0.1, -0.05) is 30.3 Å². The van der Waals surface area contributed by atoms with E-state index >= 15 is 0 Å². The van der Waals surface area contributed by atoms with Crippen LogP contribution >= 0.6 is 12.2 Å². The number of hydrogen-bond acceptors (Lipinski definition) is 4. The van der Waals surface area contributed by atoms with Gasteiger partial charge in [0.1, 0.15) is 5.58 Å². The lowest BCUT2D eigenvalue weighted by atomic mass is 10.1. The number of fused-ring (bicyclic) bond motifs is 1. The van der Waals surface area contributed by atoms with Crippen LogP contribution in [0.25, 0.3) is 11.0 Å². The lowest BCUT2D eigenvalue weighted by Crippen LogP contribution is -2.27. The van der Waals surface area contributed by atoms with Gasteiger partial charge in [-0.05, 0) is 43.4 Å². The van der Waals surface area contributed by atoms with Gasteiger partial charge < -0.3 is 9.73 Å². The number of alkyl halides is 3. The van der Waals surface area contributed by atoms with Gasteiger partial charge in [0, 0.05) is 5.39 Å². The molecule has 0 aliphatic rings. The van der Waals surface area contributed by atoms with Crippen molar-refractivity contribution in [2.24, 2.45) is 5.10 Å². The number of rotatable bonds is 3. The third-order valence-electron chi connectivity index (χ3n) is 3.84. The zero-order valence-corrected chi connectivity index (χ0v) is 15.3. The molecular weight excluding hydrogens is 391 g/mol. The average molecular weight is 405 g/mol. The van der Waals surface area contributed by atoms with E-state index in [9.17, 15) is 18.0 Å². The first kappa shape index (κ1) is 19.6. The standard InChI is InChI=1S/C19H14F3N3O2S/c1-11(13-10-12-6-2-5-9-16(12)27-17(13)26)24-25-18(28)23-15-8-4-3-7-14(15)19(20,21)22/h2-10H,1H3,(H2,23,25,28)/b24-11-. The molecule has 1 aromatic heterocycles. The highest BCUT2D eigenvalue weighted by Gasteiger charge is 2.33. The molecule has 0 aliphatic carbocycles. The molecule has 3 rings (SSSR count). The number of anilines is 1.